The van der Waals surface area contributed by atoms with Crippen molar-refractivity contribution in [3.05, 3.63) is 29.8 Å². The monoisotopic (exact) mass is 291 g/mol. The summed E-state index contributed by atoms with van der Waals surface area (Å²) in [6, 6.07) is 7.49. The van der Waals surface area contributed by atoms with Gasteiger partial charge in [0.05, 0.1) is 6.54 Å². The molecule has 0 bridgehead atoms. The summed E-state index contributed by atoms with van der Waals surface area (Å²) in [4.78, 5) is 23.0. The molecule has 5 nitrogen and oxygen atoms in total. The van der Waals surface area contributed by atoms with Crippen LogP contribution >= 0.6 is 0 Å². The van der Waals surface area contributed by atoms with Crippen molar-refractivity contribution in [1.82, 2.24) is 10.6 Å². The fourth-order valence-corrected chi connectivity index (χ4v) is 1.76. The van der Waals surface area contributed by atoms with Crippen LogP contribution in [-0.4, -0.2) is 25.0 Å². The minimum Gasteiger partial charge on any atom is -0.376 e. The predicted molar refractivity (Wildman–Crippen MR) is 85.5 cm³/mol. The predicted octanol–water partition coefficient (Wildman–Crippen LogP) is 2.85. The summed E-state index contributed by atoms with van der Waals surface area (Å²) in [7, 11) is 0. The van der Waals surface area contributed by atoms with Crippen molar-refractivity contribution in [2.45, 2.75) is 39.5 Å². The second-order valence-electron chi connectivity index (χ2n) is 5.29. The second kappa shape index (κ2) is 9.00. The van der Waals surface area contributed by atoms with Crippen LogP contribution in [0.15, 0.2) is 24.3 Å². The molecule has 1 rings (SSSR count). The van der Waals surface area contributed by atoms with E-state index in [4.69, 9.17) is 0 Å². The van der Waals surface area contributed by atoms with Gasteiger partial charge in [-0.05, 0) is 30.0 Å². The summed E-state index contributed by atoms with van der Waals surface area (Å²) in [5.41, 5.74) is 2.11. The lowest BCUT2D eigenvalue weighted by molar-refractivity contribution is -0.118. The molecule has 5 heteroatoms. The third-order valence-electron chi connectivity index (χ3n) is 3.10. The number of benzene rings is 1. The van der Waals surface area contributed by atoms with E-state index >= 15 is 0 Å². The lowest BCUT2D eigenvalue weighted by Crippen LogP contribution is -2.42. The first-order valence-electron chi connectivity index (χ1n) is 7.44. The van der Waals surface area contributed by atoms with Gasteiger partial charge in [-0.1, -0.05) is 39.3 Å². The molecule has 0 aliphatic rings. The van der Waals surface area contributed by atoms with Crippen molar-refractivity contribution < 1.29 is 9.59 Å². The molecule has 0 saturated heterocycles. The van der Waals surface area contributed by atoms with Gasteiger partial charge >= 0.3 is 6.03 Å². The van der Waals surface area contributed by atoms with Gasteiger partial charge in [0.25, 0.3) is 0 Å². The van der Waals surface area contributed by atoms with Crippen LogP contribution in [0, 0.1) is 0 Å². The molecule has 3 amide bonds. The van der Waals surface area contributed by atoms with Crippen molar-refractivity contribution in [3.8, 4) is 0 Å². The molecule has 0 fully saturated rings. The van der Waals surface area contributed by atoms with Crippen LogP contribution in [0.3, 0.4) is 0 Å². The number of hydrogen-bond acceptors (Lipinski definition) is 3. The maximum atomic E-state index is 11.6. The van der Waals surface area contributed by atoms with E-state index in [2.05, 4.69) is 29.8 Å². The molecule has 1 aromatic carbocycles. The summed E-state index contributed by atoms with van der Waals surface area (Å²) >= 11 is 0. The SMILES string of the molecule is CCCCNC(=O)NC(=O)CNc1ccc(C(C)C)cc1. The number of imide groups is 1. The molecule has 0 spiro atoms. The van der Waals surface area contributed by atoms with Gasteiger partial charge in [-0.15, -0.1) is 0 Å². The van der Waals surface area contributed by atoms with Crippen molar-refractivity contribution >= 4 is 17.6 Å². The molecule has 0 heterocycles. The van der Waals surface area contributed by atoms with Crippen LogP contribution in [0.2, 0.25) is 0 Å². The van der Waals surface area contributed by atoms with E-state index in [-0.39, 0.29) is 12.5 Å². The van der Waals surface area contributed by atoms with Gasteiger partial charge in [-0.3, -0.25) is 10.1 Å². The van der Waals surface area contributed by atoms with Crippen molar-refractivity contribution in [3.63, 3.8) is 0 Å². The Morgan fingerprint density at radius 1 is 1.14 bits per heavy atom. The van der Waals surface area contributed by atoms with Crippen LogP contribution < -0.4 is 16.0 Å². The Bertz CT molecular complexity index is 455. The number of amides is 3. The minimum atomic E-state index is -0.439. The Hall–Kier alpha value is -2.04. The number of anilines is 1. The number of hydrogen-bond donors (Lipinski definition) is 3. The number of carbonyl (C=O) groups is 2. The van der Waals surface area contributed by atoms with Crippen molar-refractivity contribution in [1.29, 1.82) is 0 Å². The van der Waals surface area contributed by atoms with E-state index in [0.717, 1.165) is 18.5 Å². The molecule has 0 aliphatic heterocycles. The fraction of sp³-hybridized carbons (Fsp3) is 0.500. The molecule has 21 heavy (non-hydrogen) atoms. The Balaban J connectivity index is 2.30. The van der Waals surface area contributed by atoms with E-state index < -0.39 is 6.03 Å². The molecule has 1 aromatic rings. The van der Waals surface area contributed by atoms with Gasteiger partial charge in [0.15, 0.2) is 0 Å². The van der Waals surface area contributed by atoms with Crippen molar-refractivity contribution in [2.75, 3.05) is 18.4 Å². The second-order valence-corrected chi connectivity index (χ2v) is 5.29. The Morgan fingerprint density at radius 2 is 1.81 bits per heavy atom. The molecular weight excluding hydrogens is 266 g/mol. The smallest absolute Gasteiger partial charge is 0.321 e. The highest BCUT2D eigenvalue weighted by molar-refractivity contribution is 5.96. The maximum absolute atomic E-state index is 11.6. The van der Waals surface area contributed by atoms with Crippen LogP contribution in [0.1, 0.15) is 45.1 Å². The molecule has 0 atom stereocenters. The van der Waals surface area contributed by atoms with Gasteiger partial charge in [0.1, 0.15) is 0 Å². The largest absolute Gasteiger partial charge is 0.376 e. The highest BCUT2D eigenvalue weighted by atomic mass is 16.2. The van der Waals surface area contributed by atoms with Gasteiger partial charge in [-0.2, -0.15) is 0 Å². The van der Waals surface area contributed by atoms with Gasteiger partial charge in [-0.25, -0.2) is 4.79 Å². The zero-order valence-corrected chi connectivity index (χ0v) is 13.0. The number of nitrogens with one attached hydrogen (secondary N) is 3. The first kappa shape index (κ1) is 17.0. The van der Waals surface area contributed by atoms with E-state index in [0.29, 0.717) is 12.5 Å². The lowest BCUT2D eigenvalue weighted by atomic mass is 10.0. The highest BCUT2D eigenvalue weighted by Gasteiger charge is 2.06. The lowest BCUT2D eigenvalue weighted by Gasteiger charge is -2.10. The third-order valence-corrected chi connectivity index (χ3v) is 3.10. The molecule has 116 valence electrons. The topological polar surface area (TPSA) is 70.2 Å². The summed E-state index contributed by atoms with van der Waals surface area (Å²) in [5.74, 6) is 0.131. The van der Waals surface area contributed by atoms with Crippen LogP contribution in [0.4, 0.5) is 10.5 Å². The van der Waals surface area contributed by atoms with E-state index in [1.54, 1.807) is 0 Å². The molecule has 0 unspecified atom stereocenters. The normalized spacial score (nSPS) is 10.3. The summed E-state index contributed by atoms with van der Waals surface area (Å²) in [6.45, 7) is 6.96. The molecule has 0 aliphatic carbocycles. The maximum Gasteiger partial charge on any atom is 0.321 e. The molecule has 0 aromatic heterocycles. The Labute approximate surface area is 126 Å². The zero-order valence-electron chi connectivity index (χ0n) is 13.0. The first-order chi connectivity index (χ1) is 10.0. The number of urea groups is 1. The van der Waals surface area contributed by atoms with E-state index in [1.807, 2.05) is 31.2 Å². The Kier molecular flexibility index (Phi) is 7.29. The highest BCUT2D eigenvalue weighted by Crippen LogP contribution is 2.16. The van der Waals surface area contributed by atoms with Gasteiger partial charge in [0, 0.05) is 12.2 Å². The standard InChI is InChI=1S/C16H25N3O2/c1-4-5-10-17-16(21)19-15(20)11-18-14-8-6-13(7-9-14)12(2)3/h6-9,12,18H,4-5,10-11H2,1-3H3,(H2,17,19,20,21). The zero-order chi connectivity index (χ0) is 15.7. The van der Waals surface area contributed by atoms with Crippen molar-refractivity contribution in [2.24, 2.45) is 0 Å². The first-order valence-corrected chi connectivity index (χ1v) is 7.44. The number of rotatable bonds is 7. The Morgan fingerprint density at radius 3 is 2.38 bits per heavy atom. The average Bonchev–Trinajstić information content (AvgIpc) is 2.46. The molecular formula is C16H25N3O2. The van der Waals surface area contributed by atoms with E-state index in [1.165, 1.54) is 5.56 Å². The van der Waals surface area contributed by atoms with Gasteiger partial charge in [0.2, 0.25) is 5.91 Å². The summed E-state index contributed by atoms with van der Waals surface area (Å²) < 4.78 is 0. The molecule has 0 radical (unpaired) electrons. The third kappa shape index (κ3) is 6.79. The van der Waals surface area contributed by atoms with E-state index in [9.17, 15) is 9.59 Å². The van der Waals surface area contributed by atoms with Crippen LogP contribution in [0.5, 0.6) is 0 Å². The summed E-state index contributed by atoms with van der Waals surface area (Å²) in [5, 5.41) is 7.91. The number of unbranched alkanes of at least 4 members (excludes halogenated alkanes) is 1. The average molecular weight is 291 g/mol. The van der Waals surface area contributed by atoms with Crippen LogP contribution in [-0.2, 0) is 4.79 Å². The van der Waals surface area contributed by atoms with Gasteiger partial charge < -0.3 is 10.6 Å². The number of carbonyl (C=O) groups excluding carboxylic acids is 2. The quantitative estimate of drug-likeness (QED) is 0.677. The molecule has 3 N–H and O–H groups in total. The molecule has 0 saturated carbocycles. The van der Waals surface area contributed by atoms with Crippen LogP contribution in [0.25, 0.3) is 0 Å². The minimum absolute atomic E-state index is 0.0716. The summed E-state index contributed by atoms with van der Waals surface area (Å²) in [6.07, 6.45) is 1.91. The fourth-order valence-electron chi connectivity index (χ4n) is 1.76.